The molecule has 15 heavy (non-hydrogen) atoms. The molecule has 1 aromatic rings. The van der Waals surface area contributed by atoms with Crippen LogP contribution >= 0.6 is 0 Å². The maximum atomic E-state index is 12.0. The van der Waals surface area contributed by atoms with Gasteiger partial charge in [-0.2, -0.15) is 4.31 Å². The molecule has 5 nitrogen and oxygen atoms in total. The van der Waals surface area contributed by atoms with Crippen molar-refractivity contribution in [3.8, 4) is 0 Å². The summed E-state index contributed by atoms with van der Waals surface area (Å²) in [6.45, 7) is 4.46. The molecular weight excluding hydrogens is 214 g/mol. The molecule has 1 aromatic heterocycles. The molecule has 0 saturated heterocycles. The van der Waals surface area contributed by atoms with Gasteiger partial charge in [0.05, 0.1) is 5.69 Å². The quantitative estimate of drug-likeness (QED) is 0.824. The topological polar surface area (TPSA) is 76.3 Å². The molecule has 0 saturated carbocycles. The van der Waals surface area contributed by atoms with E-state index in [0.29, 0.717) is 18.8 Å². The summed E-state index contributed by atoms with van der Waals surface area (Å²) in [5.74, 6) is 0. The number of hydrogen-bond acceptors (Lipinski definition) is 4. The second-order valence-corrected chi connectivity index (χ2v) is 4.98. The van der Waals surface area contributed by atoms with Crippen LogP contribution in [0, 0.1) is 0 Å². The normalized spacial score (nSPS) is 11.9. The smallest absolute Gasteiger partial charge is 0.244 e. The lowest BCUT2D eigenvalue weighted by molar-refractivity contribution is 0.445. The fraction of sp³-hybridized carbons (Fsp3) is 0.444. The molecule has 0 unspecified atom stereocenters. The molecule has 6 heteroatoms. The lowest BCUT2D eigenvalue weighted by Crippen LogP contribution is -2.30. The zero-order valence-corrected chi connectivity index (χ0v) is 9.66. The second kappa shape index (κ2) is 4.59. The molecule has 84 valence electrons. The minimum Gasteiger partial charge on any atom is -0.397 e. The Bertz CT molecular complexity index is 427. The van der Waals surface area contributed by atoms with Gasteiger partial charge in [-0.05, 0) is 6.07 Å². The summed E-state index contributed by atoms with van der Waals surface area (Å²) in [6, 6.07) is 1.42. The Kier molecular flexibility index (Phi) is 3.65. The van der Waals surface area contributed by atoms with Gasteiger partial charge in [-0.15, -0.1) is 0 Å². The molecule has 0 aliphatic rings. The summed E-state index contributed by atoms with van der Waals surface area (Å²) in [6.07, 6.45) is 2.73. The van der Waals surface area contributed by atoms with Gasteiger partial charge >= 0.3 is 0 Å². The van der Waals surface area contributed by atoms with Crippen LogP contribution in [0.3, 0.4) is 0 Å². The van der Waals surface area contributed by atoms with Crippen molar-refractivity contribution in [2.75, 3.05) is 18.8 Å². The highest BCUT2D eigenvalue weighted by Crippen LogP contribution is 2.16. The van der Waals surface area contributed by atoms with E-state index in [1.165, 1.54) is 22.8 Å². The van der Waals surface area contributed by atoms with Gasteiger partial charge in [0.15, 0.2) is 0 Å². The Morgan fingerprint density at radius 3 is 2.40 bits per heavy atom. The Morgan fingerprint density at radius 2 is 1.93 bits per heavy atom. The summed E-state index contributed by atoms with van der Waals surface area (Å²) >= 11 is 0. The summed E-state index contributed by atoms with van der Waals surface area (Å²) in [5, 5.41) is 0. The van der Waals surface area contributed by atoms with Crippen LogP contribution in [0.4, 0.5) is 5.69 Å². The van der Waals surface area contributed by atoms with Crippen molar-refractivity contribution in [2.45, 2.75) is 18.7 Å². The molecule has 1 rings (SSSR count). The second-order valence-electron chi connectivity index (χ2n) is 3.04. The number of aromatic nitrogens is 1. The van der Waals surface area contributed by atoms with Gasteiger partial charge in [-0.3, -0.25) is 4.98 Å². The summed E-state index contributed by atoms with van der Waals surface area (Å²) in [4.78, 5) is 3.92. The first-order chi connectivity index (χ1) is 7.02. The van der Waals surface area contributed by atoms with E-state index in [1.54, 1.807) is 13.8 Å². The van der Waals surface area contributed by atoms with Crippen molar-refractivity contribution in [1.29, 1.82) is 0 Å². The third-order valence-electron chi connectivity index (χ3n) is 2.08. The van der Waals surface area contributed by atoms with Crippen molar-refractivity contribution in [1.82, 2.24) is 9.29 Å². The molecule has 0 radical (unpaired) electrons. The van der Waals surface area contributed by atoms with Gasteiger partial charge in [0.1, 0.15) is 4.90 Å². The van der Waals surface area contributed by atoms with Crippen LogP contribution in [0.1, 0.15) is 13.8 Å². The zero-order chi connectivity index (χ0) is 11.5. The van der Waals surface area contributed by atoms with E-state index in [9.17, 15) is 8.42 Å². The maximum absolute atomic E-state index is 12.0. The Morgan fingerprint density at radius 1 is 1.33 bits per heavy atom. The minimum absolute atomic E-state index is 0.145. The first-order valence-corrected chi connectivity index (χ1v) is 6.17. The Balaban J connectivity index is 3.16. The molecule has 1 heterocycles. The molecule has 0 spiro atoms. The van der Waals surface area contributed by atoms with E-state index < -0.39 is 10.0 Å². The molecule has 0 atom stereocenters. The number of nitrogen functional groups attached to an aromatic ring is 1. The third-order valence-corrected chi connectivity index (χ3v) is 4.09. The Labute approximate surface area is 90.0 Å². The van der Waals surface area contributed by atoms with Crippen molar-refractivity contribution >= 4 is 15.7 Å². The summed E-state index contributed by atoms with van der Waals surface area (Å²) < 4.78 is 25.3. The van der Waals surface area contributed by atoms with E-state index in [2.05, 4.69) is 4.98 Å². The van der Waals surface area contributed by atoms with E-state index in [0.717, 1.165) is 0 Å². The van der Waals surface area contributed by atoms with Crippen LogP contribution < -0.4 is 5.73 Å². The fourth-order valence-electron chi connectivity index (χ4n) is 1.29. The highest BCUT2D eigenvalue weighted by Gasteiger charge is 2.21. The van der Waals surface area contributed by atoms with Crippen molar-refractivity contribution in [2.24, 2.45) is 0 Å². The van der Waals surface area contributed by atoms with E-state index >= 15 is 0 Å². The number of pyridine rings is 1. The molecule has 2 N–H and O–H groups in total. The summed E-state index contributed by atoms with van der Waals surface area (Å²) in [5.41, 5.74) is 5.84. The van der Waals surface area contributed by atoms with Crippen molar-refractivity contribution in [3.05, 3.63) is 18.5 Å². The highest BCUT2D eigenvalue weighted by molar-refractivity contribution is 7.89. The van der Waals surface area contributed by atoms with E-state index in [1.807, 2.05) is 0 Å². The predicted octanol–water partition coefficient (Wildman–Crippen LogP) is 0.694. The number of sulfonamides is 1. The standard InChI is InChI=1S/C9H15N3O2S/c1-3-12(4-2)15(13,14)9-5-8(10)6-11-7-9/h5-7H,3-4,10H2,1-2H3. The first-order valence-electron chi connectivity index (χ1n) is 4.73. The van der Waals surface area contributed by atoms with Crippen LogP contribution in [0.25, 0.3) is 0 Å². The molecule has 0 aliphatic carbocycles. The lowest BCUT2D eigenvalue weighted by Gasteiger charge is -2.18. The number of anilines is 1. The SMILES string of the molecule is CCN(CC)S(=O)(=O)c1cncc(N)c1. The van der Waals surface area contributed by atoms with Crippen LogP contribution in [0.15, 0.2) is 23.4 Å². The molecule has 0 aromatic carbocycles. The van der Waals surface area contributed by atoms with E-state index in [-0.39, 0.29) is 4.90 Å². The minimum atomic E-state index is -3.43. The average Bonchev–Trinajstić information content (AvgIpc) is 2.19. The van der Waals surface area contributed by atoms with Gasteiger partial charge < -0.3 is 5.73 Å². The maximum Gasteiger partial charge on any atom is 0.244 e. The van der Waals surface area contributed by atoms with Gasteiger partial charge in [-0.25, -0.2) is 8.42 Å². The summed E-state index contributed by atoms with van der Waals surface area (Å²) in [7, 11) is -3.43. The van der Waals surface area contributed by atoms with Gasteiger partial charge in [0, 0.05) is 25.5 Å². The molecule has 0 fully saturated rings. The number of nitrogens with two attached hydrogens (primary N) is 1. The predicted molar refractivity (Wildman–Crippen MR) is 58.8 cm³/mol. The van der Waals surface area contributed by atoms with Gasteiger partial charge in [0.25, 0.3) is 0 Å². The zero-order valence-electron chi connectivity index (χ0n) is 8.84. The lowest BCUT2D eigenvalue weighted by atomic mass is 10.4. The number of hydrogen-bond donors (Lipinski definition) is 1. The van der Waals surface area contributed by atoms with Crippen LogP contribution in [0.5, 0.6) is 0 Å². The Hall–Kier alpha value is -1.14. The third kappa shape index (κ3) is 2.45. The molecular formula is C9H15N3O2S. The first kappa shape index (κ1) is 11.9. The van der Waals surface area contributed by atoms with Crippen LogP contribution in [-0.2, 0) is 10.0 Å². The fourth-order valence-corrected chi connectivity index (χ4v) is 2.75. The van der Waals surface area contributed by atoms with Crippen molar-refractivity contribution < 1.29 is 8.42 Å². The molecule has 0 amide bonds. The molecule has 0 bridgehead atoms. The molecule has 0 aliphatic heterocycles. The average molecular weight is 229 g/mol. The number of nitrogens with zero attached hydrogens (tertiary/aromatic N) is 2. The monoisotopic (exact) mass is 229 g/mol. The largest absolute Gasteiger partial charge is 0.397 e. The number of rotatable bonds is 4. The van der Waals surface area contributed by atoms with E-state index in [4.69, 9.17) is 5.73 Å². The van der Waals surface area contributed by atoms with Gasteiger partial charge in [0.2, 0.25) is 10.0 Å². The van der Waals surface area contributed by atoms with Crippen LogP contribution in [0.2, 0.25) is 0 Å². The van der Waals surface area contributed by atoms with Crippen LogP contribution in [-0.4, -0.2) is 30.8 Å². The van der Waals surface area contributed by atoms with Gasteiger partial charge in [-0.1, -0.05) is 13.8 Å². The van der Waals surface area contributed by atoms with Crippen molar-refractivity contribution in [3.63, 3.8) is 0 Å². The highest BCUT2D eigenvalue weighted by atomic mass is 32.2.